The van der Waals surface area contributed by atoms with Crippen LogP contribution in [-0.4, -0.2) is 30.2 Å². The monoisotopic (exact) mass is 546 g/mol. The Hall–Kier alpha value is -3.91. The number of thiazole rings is 1. The topological polar surface area (TPSA) is 101 Å². The van der Waals surface area contributed by atoms with Crippen LogP contribution in [0.2, 0.25) is 0 Å². The molecule has 0 amide bonds. The van der Waals surface area contributed by atoms with Crippen molar-refractivity contribution in [1.82, 2.24) is 4.57 Å². The van der Waals surface area contributed by atoms with Gasteiger partial charge in [0, 0.05) is 0 Å². The van der Waals surface area contributed by atoms with E-state index in [4.69, 9.17) is 15.2 Å². The summed E-state index contributed by atoms with van der Waals surface area (Å²) in [7, 11) is 1.25. The first-order valence-corrected chi connectivity index (χ1v) is 13.8. The number of aromatic nitrogens is 1. The van der Waals surface area contributed by atoms with Crippen LogP contribution in [0.1, 0.15) is 74.8 Å². The second kappa shape index (κ2) is 11.5. The highest BCUT2D eigenvalue weighted by Crippen LogP contribution is 2.33. The number of rotatable bonds is 7. The second-order valence-corrected chi connectivity index (χ2v) is 11.1. The van der Waals surface area contributed by atoms with E-state index in [2.05, 4.69) is 27.7 Å². The zero-order valence-corrected chi connectivity index (χ0v) is 23.9. The van der Waals surface area contributed by atoms with Crippen molar-refractivity contribution in [2.45, 2.75) is 52.5 Å². The molecule has 0 saturated heterocycles. The molecule has 204 valence electrons. The van der Waals surface area contributed by atoms with E-state index in [1.54, 1.807) is 13.0 Å². The molecule has 0 radical (unpaired) electrons. The van der Waals surface area contributed by atoms with Crippen LogP contribution in [0.25, 0.3) is 11.6 Å². The minimum absolute atomic E-state index is 0.00999. The number of hydrogen-bond acceptors (Lipinski definition) is 7. The molecule has 1 aromatic heterocycles. The van der Waals surface area contributed by atoms with E-state index in [-0.39, 0.29) is 29.0 Å². The van der Waals surface area contributed by atoms with Gasteiger partial charge < -0.3 is 15.2 Å². The summed E-state index contributed by atoms with van der Waals surface area (Å²) in [5.41, 5.74) is 9.99. The van der Waals surface area contributed by atoms with Crippen molar-refractivity contribution < 1.29 is 19.1 Å². The SMILES string of the molecule is CCOC(=O)C1=c2s/c(=C/c3ccc(C(C)C)cc3)c(=O)n2C(c2ccc(C(C)C)cc2)C(C(=O)OC)=C1N. The van der Waals surface area contributed by atoms with Crippen molar-refractivity contribution in [3.63, 3.8) is 0 Å². The lowest BCUT2D eigenvalue weighted by molar-refractivity contribution is -0.136. The molecule has 2 aromatic carbocycles. The molecule has 0 aliphatic carbocycles. The van der Waals surface area contributed by atoms with Crippen LogP contribution in [0.15, 0.2) is 64.6 Å². The van der Waals surface area contributed by atoms with Crippen molar-refractivity contribution >= 4 is 34.9 Å². The van der Waals surface area contributed by atoms with Gasteiger partial charge in [-0.1, -0.05) is 76.2 Å². The van der Waals surface area contributed by atoms with E-state index < -0.39 is 18.0 Å². The number of ether oxygens (including phenoxy) is 2. The van der Waals surface area contributed by atoms with Gasteiger partial charge in [0.15, 0.2) is 0 Å². The Bertz CT molecular complexity index is 1610. The highest BCUT2D eigenvalue weighted by Gasteiger charge is 2.38. The maximum atomic E-state index is 14.0. The van der Waals surface area contributed by atoms with Crippen LogP contribution < -0.4 is 20.5 Å². The maximum Gasteiger partial charge on any atom is 0.343 e. The number of carbonyl (C=O) groups excluding carboxylic acids is 2. The predicted molar refractivity (Wildman–Crippen MR) is 154 cm³/mol. The molecule has 2 heterocycles. The third kappa shape index (κ3) is 5.34. The second-order valence-electron chi connectivity index (χ2n) is 10.1. The van der Waals surface area contributed by atoms with Crippen molar-refractivity contribution in [2.75, 3.05) is 13.7 Å². The summed E-state index contributed by atoms with van der Waals surface area (Å²) in [5.74, 6) is -0.731. The lowest BCUT2D eigenvalue weighted by atomic mass is 9.90. The third-order valence-corrected chi connectivity index (χ3v) is 7.97. The Morgan fingerprint density at radius 1 is 0.974 bits per heavy atom. The summed E-state index contributed by atoms with van der Waals surface area (Å²) in [6, 6.07) is 14.8. The number of methoxy groups -OCH3 is 1. The third-order valence-electron chi connectivity index (χ3n) is 6.86. The predicted octanol–water partition coefficient (Wildman–Crippen LogP) is 3.69. The van der Waals surface area contributed by atoms with Gasteiger partial charge in [0.25, 0.3) is 5.56 Å². The van der Waals surface area contributed by atoms with E-state index in [1.165, 1.54) is 17.2 Å². The largest absolute Gasteiger partial charge is 0.466 e. The number of nitrogens with two attached hydrogens (primary N) is 1. The van der Waals surface area contributed by atoms with E-state index in [0.717, 1.165) is 22.5 Å². The first-order chi connectivity index (χ1) is 18.6. The van der Waals surface area contributed by atoms with Crippen LogP contribution >= 0.6 is 11.3 Å². The number of carbonyl (C=O) groups is 2. The van der Waals surface area contributed by atoms with E-state index in [1.807, 2.05) is 48.5 Å². The number of benzene rings is 2. The number of fused-ring (bicyclic) bond motifs is 1. The summed E-state index contributed by atoms with van der Waals surface area (Å²) in [6.07, 6.45) is 1.79. The van der Waals surface area contributed by atoms with Gasteiger partial charge in [-0.25, -0.2) is 9.59 Å². The van der Waals surface area contributed by atoms with Gasteiger partial charge in [0.05, 0.1) is 35.6 Å². The van der Waals surface area contributed by atoms with Crippen molar-refractivity contribution in [3.05, 3.63) is 102 Å². The van der Waals surface area contributed by atoms with Gasteiger partial charge in [-0.2, -0.15) is 0 Å². The normalized spacial score (nSPS) is 15.6. The molecule has 1 atom stereocenters. The Morgan fingerprint density at radius 3 is 2.05 bits per heavy atom. The van der Waals surface area contributed by atoms with Gasteiger partial charge in [0.2, 0.25) is 0 Å². The van der Waals surface area contributed by atoms with Crippen LogP contribution in [0, 0.1) is 0 Å². The zero-order valence-electron chi connectivity index (χ0n) is 23.1. The minimum atomic E-state index is -0.874. The van der Waals surface area contributed by atoms with E-state index in [0.29, 0.717) is 26.6 Å². The fourth-order valence-corrected chi connectivity index (χ4v) is 5.84. The van der Waals surface area contributed by atoms with Crippen molar-refractivity contribution in [3.8, 4) is 0 Å². The molecule has 39 heavy (non-hydrogen) atoms. The van der Waals surface area contributed by atoms with Crippen LogP contribution in [0.4, 0.5) is 0 Å². The molecule has 1 aliphatic heterocycles. The van der Waals surface area contributed by atoms with Crippen LogP contribution in [0.5, 0.6) is 0 Å². The van der Waals surface area contributed by atoms with Crippen LogP contribution in [0.3, 0.4) is 0 Å². The fraction of sp³-hybridized carbons (Fsp3) is 0.323. The van der Waals surface area contributed by atoms with Crippen molar-refractivity contribution in [1.29, 1.82) is 0 Å². The molecule has 0 saturated carbocycles. The lowest BCUT2D eigenvalue weighted by Crippen LogP contribution is -2.43. The summed E-state index contributed by atoms with van der Waals surface area (Å²) in [4.78, 5) is 40.3. The van der Waals surface area contributed by atoms with Gasteiger partial charge in [-0.05, 0) is 47.1 Å². The fourth-order valence-electron chi connectivity index (χ4n) is 4.67. The Labute approximate surface area is 231 Å². The molecule has 2 N–H and O–H groups in total. The molecule has 1 aliphatic rings. The summed E-state index contributed by atoms with van der Waals surface area (Å²) < 4.78 is 12.6. The average molecular weight is 547 g/mol. The molecule has 0 spiro atoms. The smallest absolute Gasteiger partial charge is 0.343 e. The first-order valence-electron chi connectivity index (χ1n) is 13.0. The molecule has 4 rings (SSSR count). The van der Waals surface area contributed by atoms with Gasteiger partial charge >= 0.3 is 11.9 Å². The summed E-state index contributed by atoms with van der Waals surface area (Å²) in [5, 5.41) is 0. The van der Waals surface area contributed by atoms with Gasteiger partial charge in [-0.15, -0.1) is 11.3 Å². The summed E-state index contributed by atoms with van der Waals surface area (Å²) >= 11 is 1.15. The first kappa shape index (κ1) is 28.1. The molecule has 7 nitrogen and oxygen atoms in total. The molecular formula is C31H34N2O5S. The maximum absolute atomic E-state index is 14.0. The van der Waals surface area contributed by atoms with E-state index in [9.17, 15) is 14.4 Å². The zero-order chi connectivity index (χ0) is 28.4. The van der Waals surface area contributed by atoms with Crippen molar-refractivity contribution in [2.24, 2.45) is 5.73 Å². The van der Waals surface area contributed by atoms with Gasteiger partial charge in [0.1, 0.15) is 10.2 Å². The summed E-state index contributed by atoms with van der Waals surface area (Å²) in [6.45, 7) is 10.2. The molecule has 0 bridgehead atoms. The molecule has 0 fully saturated rings. The highest BCUT2D eigenvalue weighted by atomic mass is 32.1. The van der Waals surface area contributed by atoms with Crippen LogP contribution in [-0.2, 0) is 19.1 Å². The Balaban J connectivity index is 2.04. The Kier molecular flexibility index (Phi) is 8.25. The average Bonchev–Trinajstić information content (AvgIpc) is 3.22. The quantitative estimate of drug-likeness (QED) is 0.454. The molecular weight excluding hydrogens is 512 g/mol. The number of hydrogen-bond donors (Lipinski definition) is 1. The highest BCUT2D eigenvalue weighted by molar-refractivity contribution is 7.07. The molecule has 8 heteroatoms. The number of esters is 2. The van der Waals surface area contributed by atoms with Gasteiger partial charge in [-0.3, -0.25) is 9.36 Å². The lowest BCUT2D eigenvalue weighted by Gasteiger charge is -2.27. The number of nitrogens with zero attached hydrogens (tertiary/aromatic N) is 1. The Morgan fingerprint density at radius 2 is 1.54 bits per heavy atom. The molecule has 1 unspecified atom stereocenters. The van der Waals surface area contributed by atoms with E-state index >= 15 is 0 Å². The molecule has 3 aromatic rings. The standard InChI is InChI=1S/C31H34N2O5S/c1-7-38-31(36)25-26(32)24(30(35)37-6)27(22-14-12-21(13-15-22)18(4)5)33-28(34)23(39-29(25)33)16-19-8-10-20(11-9-19)17(2)3/h8-18,27H,7,32H2,1-6H3/b23-16+. The minimum Gasteiger partial charge on any atom is -0.466 e.